The zero-order valence-electron chi connectivity index (χ0n) is 11.5. The number of nitrogens with zero attached hydrogens (tertiary/aromatic N) is 3. The van der Waals surface area contributed by atoms with Crippen molar-refractivity contribution in [1.82, 2.24) is 14.8 Å². The molecule has 1 aromatic carbocycles. The largest absolute Gasteiger partial charge is 0.444 e. The third-order valence-corrected chi connectivity index (χ3v) is 3.02. The summed E-state index contributed by atoms with van der Waals surface area (Å²) in [5.41, 5.74) is 2.23. The molecule has 3 aromatic rings. The van der Waals surface area contributed by atoms with Gasteiger partial charge in [-0.2, -0.15) is 9.78 Å². The van der Waals surface area contributed by atoms with Crippen LogP contribution in [0.1, 0.15) is 21.9 Å². The highest BCUT2D eigenvalue weighted by molar-refractivity contribution is 5.94. The summed E-state index contributed by atoms with van der Waals surface area (Å²) in [6.07, 6.45) is 1.28. The average Bonchev–Trinajstić information content (AvgIpc) is 3.06. The highest BCUT2D eigenvalue weighted by Gasteiger charge is 2.17. The minimum absolute atomic E-state index is 0.153. The summed E-state index contributed by atoms with van der Waals surface area (Å²) in [5.74, 6) is -0.443. The molecule has 106 valence electrons. The first kappa shape index (κ1) is 13.2. The topological polar surface area (TPSA) is 60.9 Å². The second-order valence-electron chi connectivity index (χ2n) is 4.69. The Kier molecular flexibility index (Phi) is 3.13. The standard InChI is InChI=1S/C15H12FN3O2/c1-9-7-10(2)19(18-9)15(20)13-8-21-14(17-13)11-3-5-12(16)6-4-11/h3-8H,1-2H3. The maximum Gasteiger partial charge on any atom is 0.300 e. The molecule has 0 atom stereocenters. The lowest BCUT2D eigenvalue weighted by atomic mass is 10.2. The van der Waals surface area contributed by atoms with Crippen LogP contribution >= 0.6 is 0 Å². The van der Waals surface area contributed by atoms with Crippen LogP contribution in [0.25, 0.3) is 11.5 Å². The van der Waals surface area contributed by atoms with Crippen molar-refractivity contribution < 1.29 is 13.6 Å². The molecule has 0 aliphatic rings. The smallest absolute Gasteiger partial charge is 0.300 e. The van der Waals surface area contributed by atoms with E-state index in [1.165, 1.54) is 23.1 Å². The van der Waals surface area contributed by atoms with Gasteiger partial charge < -0.3 is 4.42 Å². The number of carbonyl (C=O) groups is 1. The van der Waals surface area contributed by atoms with Crippen LogP contribution in [0.2, 0.25) is 0 Å². The Morgan fingerprint density at radius 1 is 1.24 bits per heavy atom. The van der Waals surface area contributed by atoms with Crippen LogP contribution in [0.5, 0.6) is 0 Å². The Morgan fingerprint density at radius 2 is 1.95 bits per heavy atom. The normalized spacial score (nSPS) is 10.8. The molecule has 0 fully saturated rings. The maximum absolute atomic E-state index is 12.9. The first-order valence-electron chi connectivity index (χ1n) is 6.34. The molecule has 3 rings (SSSR count). The van der Waals surface area contributed by atoms with Gasteiger partial charge >= 0.3 is 0 Å². The fraction of sp³-hybridized carbons (Fsp3) is 0.133. The highest BCUT2D eigenvalue weighted by atomic mass is 19.1. The van der Waals surface area contributed by atoms with Crippen molar-refractivity contribution in [1.29, 1.82) is 0 Å². The first-order valence-corrected chi connectivity index (χ1v) is 6.34. The molecular formula is C15H12FN3O2. The molecule has 2 aromatic heterocycles. The van der Waals surface area contributed by atoms with Gasteiger partial charge in [-0.1, -0.05) is 0 Å². The van der Waals surface area contributed by atoms with Gasteiger partial charge in [-0.05, 0) is 44.2 Å². The summed E-state index contributed by atoms with van der Waals surface area (Å²) < 4.78 is 19.5. The van der Waals surface area contributed by atoms with Gasteiger partial charge in [0, 0.05) is 11.3 Å². The summed E-state index contributed by atoms with van der Waals surface area (Å²) in [6.45, 7) is 3.60. The monoisotopic (exact) mass is 285 g/mol. The maximum atomic E-state index is 12.9. The molecular weight excluding hydrogens is 273 g/mol. The number of halogens is 1. The van der Waals surface area contributed by atoms with Crippen molar-refractivity contribution in [2.45, 2.75) is 13.8 Å². The van der Waals surface area contributed by atoms with Crippen molar-refractivity contribution in [3.63, 3.8) is 0 Å². The first-order chi connectivity index (χ1) is 10.0. The second kappa shape index (κ2) is 4.97. The molecule has 21 heavy (non-hydrogen) atoms. The second-order valence-corrected chi connectivity index (χ2v) is 4.69. The van der Waals surface area contributed by atoms with Crippen molar-refractivity contribution in [3.8, 4) is 11.5 Å². The van der Waals surface area contributed by atoms with Crippen molar-refractivity contribution in [2.24, 2.45) is 0 Å². The molecule has 6 heteroatoms. The van der Waals surface area contributed by atoms with E-state index >= 15 is 0 Å². The fourth-order valence-corrected chi connectivity index (χ4v) is 2.04. The SMILES string of the molecule is Cc1cc(C)n(C(=O)c2coc(-c3ccc(F)cc3)n2)n1. The number of hydrogen-bond acceptors (Lipinski definition) is 4. The third-order valence-electron chi connectivity index (χ3n) is 3.02. The molecule has 0 radical (unpaired) electrons. The van der Waals surface area contributed by atoms with Crippen LogP contribution in [0.4, 0.5) is 4.39 Å². The number of benzene rings is 1. The molecule has 0 saturated heterocycles. The number of oxazole rings is 1. The molecule has 0 spiro atoms. The number of aryl methyl sites for hydroxylation is 2. The number of rotatable bonds is 2. The lowest BCUT2D eigenvalue weighted by Gasteiger charge is -1.98. The molecule has 0 aliphatic heterocycles. The third kappa shape index (κ3) is 2.47. The van der Waals surface area contributed by atoms with E-state index in [-0.39, 0.29) is 23.3 Å². The lowest BCUT2D eigenvalue weighted by molar-refractivity contribution is 0.0937. The molecule has 0 amide bonds. The quantitative estimate of drug-likeness (QED) is 0.726. The number of carbonyl (C=O) groups excluding carboxylic acids is 1. The fourth-order valence-electron chi connectivity index (χ4n) is 2.04. The Morgan fingerprint density at radius 3 is 2.57 bits per heavy atom. The summed E-state index contributed by atoms with van der Waals surface area (Å²) >= 11 is 0. The molecule has 0 N–H and O–H groups in total. The average molecular weight is 285 g/mol. The van der Waals surface area contributed by atoms with Crippen LogP contribution in [-0.4, -0.2) is 20.7 Å². The Labute approximate surface area is 120 Å². The van der Waals surface area contributed by atoms with Crippen LogP contribution in [0.15, 0.2) is 41.0 Å². The van der Waals surface area contributed by atoms with E-state index in [1.807, 2.05) is 6.92 Å². The van der Waals surface area contributed by atoms with E-state index in [0.717, 1.165) is 11.4 Å². The zero-order valence-corrected chi connectivity index (χ0v) is 11.5. The Balaban J connectivity index is 1.93. The Hall–Kier alpha value is -2.76. The van der Waals surface area contributed by atoms with E-state index in [0.29, 0.717) is 5.56 Å². The molecule has 5 nitrogen and oxygen atoms in total. The summed E-state index contributed by atoms with van der Waals surface area (Å²) in [4.78, 5) is 16.4. The summed E-state index contributed by atoms with van der Waals surface area (Å²) in [7, 11) is 0. The molecule has 0 saturated carbocycles. The minimum atomic E-state index is -0.363. The van der Waals surface area contributed by atoms with Crippen LogP contribution in [-0.2, 0) is 0 Å². The van der Waals surface area contributed by atoms with Gasteiger partial charge in [0.2, 0.25) is 5.89 Å². The van der Waals surface area contributed by atoms with Crippen molar-refractivity contribution >= 4 is 5.91 Å². The molecule has 0 unspecified atom stereocenters. The minimum Gasteiger partial charge on any atom is -0.444 e. The van der Waals surface area contributed by atoms with E-state index < -0.39 is 0 Å². The molecule has 2 heterocycles. The van der Waals surface area contributed by atoms with Crippen LogP contribution < -0.4 is 0 Å². The predicted molar refractivity (Wildman–Crippen MR) is 73.3 cm³/mol. The molecule has 0 bridgehead atoms. The summed E-state index contributed by atoms with van der Waals surface area (Å²) in [5, 5.41) is 4.12. The Bertz CT molecular complexity index is 803. The van der Waals surface area contributed by atoms with Gasteiger partial charge in [0.15, 0.2) is 5.69 Å². The van der Waals surface area contributed by atoms with Gasteiger partial charge in [0.05, 0.1) is 5.69 Å². The van der Waals surface area contributed by atoms with E-state index in [2.05, 4.69) is 10.1 Å². The number of aromatic nitrogens is 3. The van der Waals surface area contributed by atoms with Gasteiger partial charge in [-0.25, -0.2) is 9.37 Å². The van der Waals surface area contributed by atoms with Gasteiger partial charge in [-0.15, -0.1) is 0 Å². The highest BCUT2D eigenvalue weighted by Crippen LogP contribution is 2.19. The van der Waals surface area contributed by atoms with E-state index in [1.54, 1.807) is 25.1 Å². The lowest BCUT2D eigenvalue weighted by Crippen LogP contribution is -2.15. The van der Waals surface area contributed by atoms with E-state index in [9.17, 15) is 9.18 Å². The zero-order chi connectivity index (χ0) is 15.0. The molecule has 0 aliphatic carbocycles. The van der Waals surface area contributed by atoms with Crippen molar-refractivity contribution in [2.75, 3.05) is 0 Å². The van der Waals surface area contributed by atoms with Crippen LogP contribution in [0, 0.1) is 19.7 Å². The van der Waals surface area contributed by atoms with Gasteiger partial charge in [0.25, 0.3) is 5.91 Å². The van der Waals surface area contributed by atoms with E-state index in [4.69, 9.17) is 4.42 Å². The van der Waals surface area contributed by atoms with Crippen LogP contribution in [0.3, 0.4) is 0 Å². The summed E-state index contributed by atoms with van der Waals surface area (Å²) in [6, 6.07) is 7.50. The number of hydrogen-bond donors (Lipinski definition) is 0. The van der Waals surface area contributed by atoms with Gasteiger partial charge in [-0.3, -0.25) is 4.79 Å². The van der Waals surface area contributed by atoms with Gasteiger partial charge in [0.1, 0.15) is 12.1 Å². The predicted octanol–water partition coefficient (Wildman–Crippen LogP) is 2.98. The van der Waals surface area contributed by atoms with Crippen molar-refractivity contribution in [3.05, 3.63) is 59.5 Å².